The Morgan fingerprint density at radius 1 is 1.00 bits per heavy atom. The zero-order chi connectivity index (χ0) is 25.6. The van der Waals surface area contributed by atoms with E-state index in [-0.39, 0.29) is 6.54 Å². The van der Waals surface area contributed by atoms with Gasteiger partial charge in [0.2, 0.25) is 10.0 Å². The first-order valence-corrected chi connectivity index (χ1v) is 12.9. The van der Waals surface area contributed by atoms with Gasteiger partial charge in [0, 0.05) is 36.3 Å². The third kappa shape index (κ3) is 4.52. The van der Waals surface area contributed by atoms with E-state index in [1.54, 1.807) is 30.7 Å². The second-order valence-corrected chi connectivity index (χ2v) is 10.2. The van der Waals surface area contributed by atoms with Crippen LogP contribution in [0.2, 0.25) is 0 Å². The summed E-state index contributed by atoms with van der Waals surface area (Å²) in [6.07, 6.45) is 7.45. The van der Waals surface area contributed by atoms with Crippen LogP contribution in [-0.4, -0.2) is 54.8 Å². The highest BCUT2D eigenvalue weighted by atomic mass is 32.2. The van der Waals surface area contributed by atoms with Gasteiger partial charge in [-0.2, -0.15) is 5.10 Å². The van der Waals surface area contributed by atoms with Crippen LogP contribution in [-0.2, 0) is 16.6 Å². The fourth-order valence-electron chi connectivity index (χ4n) is 4.03. The molecule has 0 aliphatic rings. The monoisotopic (exact) mass is 515 g/mol. The van der Waals surface area contributed by atoms with Gasteiger partial charge in [-0.1, -0.05) is 0 Å². The van der Waals surface area contributed by atoms with Gasteiger partial charge in [-0.15, -0.1) is 0 Å². The van der Waals surface area contributed by atoms with Crippen LogP contribution < -0.4 is 4.72 Å². The summed E-state index contributed by atoms with van der Waals surface area (Å²) in [6.45, 7) is -0.0383. The normalized spacial score (nSPS) is 11.9. The molecule has 6 rings (SSSR count). The van der Waals surface area contributed by atoms with Gasteiger partial charge in [-0.25, -0.2) is 42.5 Å². The quantitative estimate of drug-likeness (QED) is 0.305. The molecule has 0 amide bonds. The van der Waals surface area contributed by atoms with Gasteiger partial charge < -0.3 is 4.98 Å². The molecule has 37 heavy (non-hydrogen) atoms. The molecule has 0 aliphatic carbocycles. The van der Waals surface area contributed by atoms with E-state index in [2.05, 4.69) is 34.9 Å². The van der Waals surface area contributed by atoms with Crippen molar-refractivity contribution in [3.05, 3.63) is 72.7 Å². The maximum absolute atomic E-state index is 14.5. The van der Waals surface area contributed by atoms with Crippen LogP contribution in [0, 0.1) is 5.82 Å². The minimum atomic E-state index is -3.43. The lowest BCUT2D eigenvalue weighted by Gasteiger charge is -2.07. The highest BCUT2D eigenvalue weighted by molar-refractivity contribution is 7.88. The Hall–Kier alpha value is -4.62. The molecule has 0 aliphatic heterocycles. The summed E-state index contributed by atoms with van der Waals surface area (Å²) in [7, 11) is -3.43. The number of aromatic amines is 2. The van der Waals surface area contributed by atoms with Gasteiger partial charge in [0.25, 0.3) is 0 Å². The number of hydrogen-bond donors (Lipinski definition) is 3. The first-order chi connectivity index (χ1) is 17.8. The maximum atomic E-state index is 14.5. The summed E-state index contributed by atoms with van der Waals surface area (Å²) < 4.78 is 39.8. The van der Waals surface area contributed by atoms with Gasteiger partial charge >= 0.3 is 0 Å². The maximum Gasteiger partial charge on any atom is 0.209 e. The molecule has 1 aromatic carbocycles. The van der Waals surface area contributed by atoms with E-state index in [1.165, 1.54) is 18.5 Å². The molecule has 0 radical (unpaired) electrons. The Kier molecular flexibility index (Phi) is 5.43. The van der Waals surface area contributed by atoms with E-state index in [4.69, 9.17) is 9.97 Å². The molecule has 5 heterocycles. The predicted octanol–water partition coefficient (Wildman–Crippen LogP) is 3.21. The minimum Gasteiger partial charge on any atom is -0.321 e. The third-order valence-electron chi connectivity index (χ3n) is 5.68. The number of pyridine rings is 2. The molecule has 0 bridgehead atoms. The number of nitrogens with one attached hydrogen (secondary N) is 3. The second-order valence-electron chi connectivity index (χ2n) is 8.37. The lowest BCUT2D eigenvalue weighted by molar-refractivity contribution is 0.586. The number of benzene rings is 1. The van der Waals surface area contributed by atoms with Crippen molar-refractivity contribution in [3.8, 4) is 33.9 Å². The molecular weight excluding hydrogens is 497 g/mol. The van der Waals surface area contributed by atoms with E-state index in [1.807, 2.05) is 12.1 Å². The Bertz CT molecular complexity index is 1890. The van der Waals surface area contributed by atoms with E-state index < -0.39 is 15.8 Å². The molecule has 11 nitrogen and oxygen atoms in total. The molecular formula is C24H18FN9O2S. The van der Waals surface area contributed by atoms with Crippen molar-refractivity contribution in [1.29, 1.82) is 0 Å². The van der Waals surface area contributed by atoms with Crippen LogP contribution in [0.5, 0.6) is 0 Å². The van der Waals surface area contributed by atoms with Gasteiger partial charge in [0.15, 0.2) is 17.2 Å². The van der Waals surface area contributed by atoms with Gasteiger partial charge in [0.1, 0.15) is 23.2 Å². The van der Waals surface area contributed by atoms with Crippen molar-refractivity contribution < 1.29 is 12.8 Å². The van der Waals surface area contributed by atoms with E-state index in [0.717, 1.165) is 17.3 Å². The fraction of sp³-hybridized carbons (Fsp3) is 0.0833. The fourth-order valence-corrected chi connectivity index (χ4v) is 4.46. The number of H-pyrrole nitrogens is 2. The largest absolute Gasteiger partial charge is 0.321 e. The van der Waals surface area contributed by atoms with Gasteiger partial charge in [-0.05, 0) is 47.5 Å². The molecule has 0 fully saturated rings. The van der Waals surface area contributed by atoms with Crippen molar-refractivity contribution in [2.75, 3.05) is 6.26 Å². The molecule has 5 aromatic heterocycles. The number of nitrogens with zero attached hydrogens (tertiary/aromatic N) is 6. The Balaban J connectivity index is 1.44. The van der Waals surface area contributed by atoms with Crippen molar-refractivity contribution in [1.82, 2.24) is 44.8 Å². The number of fused-ring (bicyclic) bond motifs is 2. The number of aromatic nitrogens is 8. The van der Waals surface area contributed by atoms with E-state index in [0.29, 0.717) is 50.6 Å². The Morgan fingerprint density at radius 3 is 2.65 bits per heavy atom. The zero-order valence-corrected chi connectivity index (χ0v) is 20.1. The summed E-state index contributed by atoms with van der Waals surface area (Å²) in [4.78, 5) is 25.1. The highest BCUT2D eigenvalue weighted by Gasteiger charge is 2.18. The lowest BCUT2D eigenvalue weighted by atomic mass is 10.0. The predicted molar refractivity (Wildman–Crippen MR) is 135 cm³/mol. The molecule has 0 saturated carbocycles. The third-order valence-corrected chi connectivity index (χ3v) is 6.35. The molecule has 3 N–H and O–H groups in total. The van der Waals surface area contributed by atoms with Crippen LogP contribution in [0.4, 0.5) is 4.39 Å². The zero-order valence-electron chi connectivity index (χ0n) is 19.3. The molecule has 0 atom stereocenters. The van der Waals surface area contributed by atoms with Crippen molar-refractivity contribution in [3.63, 3.8) is 0 Å². The number of imidazole rings is 1. The molecule has 0 unspecified atom stereocenters. The van der Waals surface area contributed by atoms with E-state index in [9.17, 15) is 12.8 Å². The van der Waals surface area contributed by atoms with Gasteiger partial charge in [0.05, 0.1) is 17.5 Å². The first-order valence-electron chi connectivity index (χ1n) is 11.0. The average molecular weight is 516 g/mol. The Morgan fingerprint density at radius 2 is 1.84 bits per heavy atom. The summed E-state index contributed by atoms with van der Waals surface area (Å²) in [5.41, 5.74) is 5.88. The lowest BCUT2D eigenvalue weighted by Crippen LogP contribution is -2.21. The van der Waals surface area contributed by atoms with Crippen LogP contribution >= 0.6 is 0 Å². The molecule has 0 spiro atoms. The van der Waals surface area contributed by atoms with Crippen molar-refractivity contribution in [2.24, 2.45) is 0 Å². The topological polar surface area (TPSA) is 155 Å². The summed E-state index contributed by atoms with van der Waals surface area (Å²) in [6, 6.07) is 9.81. The number of halogens is 1. The van der Waals surface area contributed by atoms with E-state index >= 15 is 0 Å². The minimum absolute atomic E-state index is 0.0383. The first kappa shape index (κ1) is 22.8. The summed E-state index contributed by atoms with van der Waals surface area (Å²) in [5, 5.41) is 7.38. The molecule has 184 valence electrons. The van der Waals surface area contributed by atoms with Crippen LogP contribution in [0.1, 0.15) is 5.56 Å². The smallest absolute Gasteiger partial charge is 0.209 e. The molecule has 0 saturated heterocycles. The number of hydrogen-bond acceptors (Lipinski definition) is 8. The van der Waals surface area contributed by atoms with Crippen LogP contribution in [0.3, 0.4) is 0 Å². The summed E-state index contributed by atoms with van der Waals surface area (Å²) in [5.74, 6) is -0.0611. The van der Waals surface area contributed by atoms with Crippen LogP contribution in [0.25, 0.3) is 56.1 Å². The number of rotatable bonds is 6. The molecule has 13 heteroatoms. The van der Waals surface area contributed by atoms with Gasteiger partial charge in [-0.3, -0.25) is 5.10 Å². The highest BCUT2D eigenvalue weighted by Crippen LogP contribution is 2.31. The average Bonchev–Trinajstić information content (AvgIpc) is 3.51. The SMILES string of the molecule is CS(=O)(=O)NCc1cc(F)cc(-c2ccnc3[nH]c(-c4n[nH]c5ccc(-c6cncnc6)nc45)nc23)c1. The van der Waals surface area contributed by atoms with Crippen LogP contribution in [0.15, 0.2) is 61.3 Å². The Labute approximate surface area is 209 Å². The van der Waals surface area contributed by atoms with Crippen molar-refractivity contribution in [2.45, 2.75) is 6.54 Å². The second kappa shape index (κ2) is 8.80. The summed E-state index contributed by atoms with van der Waals surface area (Å²) >= 11 is 0. The number of sulfonamides is 1. The molecule has 6 aromatic rings. The van der Waals surface area contributed by atoms with Crippen molar-refractivity contribution >= 4 is 32.2 Å². The standard InChI is InChI=1S/C24H18FN9O2S/c1-37(35,36)29-9-13-6-14(8-16(25)7-13)17-4-5-28-23-20(17)31-24(32-23)22-21-19(33-34-22)3-2-18(30-21)15-10-26-12-27-11-15/h2-8,10-12,29H,9H2,1H3,(H,33,34)(H,28,31,32).